The third-order valence-electron chi connectivity index (χ3n) is 3.78. The maximum absolute atomic E-state index is 13.3. The van der Waals surface area contributed by atoms with Crippen LogP contribution in [0.3, 0.4) is 0 Å². The Balaban J connectivity index is 4.71. The molecule has 0 bridgehead atoms. The molecule has 12 heteroatoms. The van der Waals surface area contributed by atoms with E-state index in [2.05, 4.69) is 0 Å². The second kappa shape index (κ2) is 9.60. The Hall–Kier alpha value is -0.810. The van der Waals surface area contributed by atoms with Gasteiger partial charge in [0.25, 0.3) is 0 Å². The van der Waals surface area contributed by atoms with E-state index in [4.69, 9.17) is 4.74 Å². The largest absolute Gasteiger partial charge is 0.460 e. The van der Waals surface area contributed by atoms with Gasteiger partial charge in [-0.1, -0.05) is 32.6 Å². The molecule has 0 aromatic rings. The highest BCUT2D eigenvalue weighted by molar-refractivity contribution is 5.06. The summed E-state index contributed by atoms with van der Waals surface area (Å²) in [6, 6.07) is 0. The molecule has 164 valence electrons. The molecule has 0 aliphatic heterocycles. The highest BCUT2D eigenvalue weighted by Crippen LogP contribution is 2.58. The fourth-order valence-corrected chi connectivity index (χ4v) is 2.07. The van der Waals surface area contributed by atoms with Crippen LogP contribution in [-0.2, 0) is 4.74 Å². The zero-order valence-electron chi connectivity index (χ0n) is 14.4. The predicted molar refractivity (Wildman–Crippen MR) is 74.7 cm³/mol. The van der Waals surface area contributed by atoms with E-state index in [-0.39, 0.29) is 6.61 Å². The van der Waals surface area contributed by atoms with E-state index in [1.54, 1.807) is 0 Å². The van der Waals surface area contributed by atoms with Gasteiger partial charge in [0, 0.05) is 19.6 Å². The summed E-state index contributed by atoms with van der Waals surface area (Å²) in [6.45, 7) is 1.51. The Morgan fingerprint density at radius 2 is 1.04 bits per heavy atom. The lowest BCUT2D eigenvalue weighted by Crippen LogP contribution is -2.66. The van der Waals surface area contributed by atoms with Crippen molar-refractivity contribution in [1.82, 2.24) is 0 Å². The normalized spacial score (nSPS) is 14.7. The summed E-state index contributed by atoms with van der Waals surface area (Å²) < 4.78 is 145. The summed E-state index contributed by atoms with van der Waals surface area (Å²) in [6.07, 6.45) is -5.95. The van der Waals surface area contributed by atoms with Crippen molar-refractivity contribution in [1.29, 1.82) is 0 Å². The lowest BCUT2D eigenvalue weighted by Gasteiger charge is -2.37. The minimum absolute atomic E-state index is 0.0913. The lowest BCUT2D eigenvalue weighted by atomic mass is 9.95. The van der Waals surface area contributed by atoms with Gasteiger partial charge in [-0.05, 0) is 12.8 Å². The van der Waals surface area contributed by atoms with Crippen LogP contribution in [0.2, 0.25) is 0 Å². The Morgan fingerprint density at radius 1 is 0.556 bits per heavy atom. The average Bonchev–Trinajstić information content (AvgIpc) is 2.51. The van der Waals surface area contributed by atoms with Crippen molar-refractivity contribution < 1.29 is 53.0 Å². The van der Waals surface area contributed by atoms with Crippen molar-refractivity contribution in [2.75, 3.05) is 13.2 Å². The molecule has 0 spiro atoms. The van der Waals surface area contributed by atoms with E-state index in [1.807, 2.05) is 6.92 Å². The number of hydrogen-bond donors (Lipinski definition) is 0. The minimum Gasteiger partial charge on any atom is -0.381 e. The van der Waals surface area contributed by atoms with Gasteiger partial charge in [-0.3, -0.25) is 0 Å². The molecule has 27 heavy (non-hydrogen) atoms. The molecule has 1 nitrogen and oxygen atoms in total. The fourth-order valence-electron chi connectivity index (χ4n) is 2.07. The molecular formula is C15H21F11O. The summed E-state index contributed by atoms with van der Waals surface area (Å²) >= 11 is 0. The van der Waals surface area contributed by atoms with Gasteiger partial charge in [0.05, 0.1) is 0 Å². The summed E-state index contributed by atoms with van der Waals surface area (Å²) in [5.74, 6) is -27.4. The Morgan fingerprint density at radius 3 is 1.52 bits per heavy atom. The van der Waals surface area contributed by atoms with Crippen molar-refractivity contribution in [2.24, 2.45) is 0 Å². The van der Waals surface area contributed by atoms with Crippen LogP contribution >= 0.6 is 0 Å². The van der Waals surface area contributed by atoms with Crippen LogP contribution in [0.25, 0.3) is 0 Å². The molecule has 0 amide bonds. The molecule has 0 atom stereocenters. The number of hydrogen-bond acceptors (Lipinski definition) is 1. The zero-order valence-corrected chi connectivity index (χ0v) is 14.4. The molecule has 0 heterocycles. The predicted octanol–water partition coefficient (Wildman–Crippen LogP) is 6.86. The molecule has 0 rings (SSSR count). The summed E-state index contributed by atoms with van der Waals surface area (Å²) in [7, 11) is 0. The van der Waals surface area contributed by atoms with E-state index in [9.17, 15) is 48.3 Å². The summed E-state index contributed by atoms with van der Waals surface area (Å²) in [5.41, 5.74) is 0. The minimum atomic E-state index is -7.33. The summed E-state index contributed by atoms with van der Waals surface area (Å²) in [5, 5.41) is 0. The molecule has 0 unspecified atom stereocenters. The number of halogens is 11. The van der Waals surface area contributed by atoms with Gasteiger partial charge in [0.1, 0.15) is 0 Å². The molecule has 0 aromatic carbocycles. The van der Waals surface area contributed by atoms with E-state index in [0.717, 1.165) is 25.7 Å². The van der Waals surface area contributed by atoms with Crippen LogP contribution in [0.5, 0.6) is 0 Å². The number of ether oxygens (including phenoxy) is 1. The average molecular weight is 426 g/mol. The monoisotopic (exact) mass is 426 g/mol. The van der Waals surface area contributed by atoms with E-state index < -0.39 is 49.3 Å². The molecule has 0 saturated carbocycles. The van der Waals surface area contributed by atoms with Crippen molar-refractivity contribution in [3.05, 3.63) is 0 Å². The first-order valence-corrected chi connectivity index (χ1v) is 8.22. The van der Waals surface area contributed by atoms with Gasteiger partial charge in [-0.15, -0.1) is 0 Å². The second-order valence-corrected chi connectivity index (χ2v) is 6.06. The summed E-state index contributed by atoms with van der Waals surface area (Å²) in [4.78, 5) is 0. The number of rotatable bonds is 13. The molecule has 0 fully saturated rings. The van der Waals surface area contributed by atoms with E-state index in [0.29, 0.717) is 6.42 Å². The number of alkyl halides is 11. The number of unbranched alkanes of at least 4 members (excludes halogenated alkanes) is 4. The Bertz CT molecular complexity index is 432. The topological polar surface area (TPSA) is 9.23 Å². The van der Waals surface area contributed by atoms with Gasteiger partial charge in [0.2, 0.25) is 0 Å². The van der Waals surface area contributed by atoms with Gasteiger partial charge >= 0.3 is 29.9 Å². The highest BCUT2D eigenvalue weighted by Gasteiger charge is 2.86. The van der Waals surface area contributed by atoms with Crippen molar-refractivity contribution in [2.45, 2.75) is 81.7 Å². The first kappa shape index (κ1) is 26.2. The Labute approximate surface area is 149 Å². The van der Waals surface area contributed by atoms with Crippen LogP contribution in [0.1, 0.15) is 51.9 Å². The van der Waals surface area contributed by atoms with Gasteiger partial charge in [-0.25, -0.2) is 0 Å². The van der Waals surface area contributed by atoms with Gasteiger partial charge in [-0.2, -0.15) is 48.3 Å². The first-order valence-electron chi connectivity index (χ1n) is 8.22. The third kappa shape index (κ3) is 6.08. The van der Waals surface area contributed by atoms with Crippen LogP contribution in [0.15, 0.2) is 0 Å². The standard InChI is InChI=1S/C15H21F11O/c1-2-3-4-5-6-9-27-10-7-8-11(16,17)12(18,19)13(20,21)14(22,23)15(24,25)26/h2-10H2,1H3. The van der Waals surface area contributed by atoms with E-state index in [1.165, 1.54) is 0 Å². The van der Waals surface area contributed by atoms with Crippen LogP contribution in [0.4, 0.5) is 48.3 Å². The van der Waals surface area contributed by atoms with Crippen LogP contribution in [0, 0.1) is 0 Å². The molecule has 0 saturated heterocycles. The highest BCUT2D eigenvalue weighted by atomic mass is 19.4. The van der Waals surface area contributed by atoms with Crippen molar-refractivity contribution in [3.8, 4) is 0 Å². The molecule has 0 aromatic heterocycles. The SMILES string of the molecule is CCCCCCCOCCCC(F)(F)C(F)(F)C(F)(F)C(F)(F)C(F)(F)F. The first-order chi connectivity index (χ1) is 12.1. The smallest absolute Gasteiger partial charge is 0.381 e. The molecule has 0 aliphatic carbocycles. The molecule has 0 aliphatic rings. The quantitative estimate of drug-likeness (QED) is 0.231. The van der Waals surface area contributed by atoms with Crippen LogP contribution in [-0.4, -0.2) is 43.1 Å². The van der Waals surface area contributed by atoms with Crippen molar-refractivity contribution >= 4 is 0 Å². The lowest BCUT2D eigenvalue weighted by molar-refractivity contribution is -0.422. The molecular weight excluding hydrogens is 405 g/mol. The second-order valence-electron chi connectivity index (χ2n) is 6.06. The van der Waals surface area contributed by atoms with E-state index >= 15 is 0 Å². The maximum Gasteiger partial charge on any atom is 0.460 e. The Kier molecular flexibility index (Phi) is 9.31. The molecule has 0 N–H and O–H groups in total. The maximum atomic E-state index is 13.3. The van der Waals surface area contributed by atoms with Gasteiger partial charge < -0.3 is 4.74 Å². The van der Waals surface area contributed by atoms with Gasteiger partial charge in [0.15, 0.2) is 0 Å². The fraction of sp³-hybridized carbons (Fsp3) is 1.00. The zero-order chi connectivity index (χ0) is 21.6. The molecule has 0 radical (unpaired) electrons. The van der Waals surface area contributed by atoms with Crippen molar-refractivity contribution in [3.63, 3.8) is 0 Å². The van der Waals surface area contributed by atoms with Crippen LogP contribution < -0.4 is 0 Å². The third-order valence-corrected chi connectivity index (χ3v) is 3.78.